The van der Waals surface area contributed by atoms with Gasteiger partial charge in [0.25, 0.3) is 0 Å². The number of carbonyl (C=O) groups excluding carboxylic acids is 1. The van der Waals surface area contributed by atoms with Gasteiger partial charge in [-0.05, 0) is 84.7 Å². The van der Waals surface area contributed by atoms with Crippen molar-refractivity contribution in [3.63, 3.8) is 0 Å². The first-order valence-electron chi connectivity index (χ1n) is 14.7. The number of hydrogen-bond donors (Lipinski definition) is 1. The van der Waals surface area contributed by atoms with Gasteiger partial charge < -0.3 is 9.47 Å². The fourth-order valence-corrected chi connectivity index (χ4v) is 7.00. The number of piperidine rings is 1. The molecule has 2 heterocycles. The number of nitrogens with zero attached hydrogens (tertiary/aromatic N) is 1. The zero-order valence-electron chi connectivity index (χ0n) is 24.1. The van der Waals surface area contributed by atoms with Crippen molar-refractivity contribution in [2.45, 2.75) is 82.1 Å². The van der Waals surface area contributed by atoms with Crippen molar-refractivity contribution in [2.24, 2.45) is 0 Å². The molecule has 4 unspecified atom stereocenters. The van der Waals surface area contributed by atoms with Crippen LogP contribution < -0.4 is 0 Å². The average Bonchev–Trinajstić information content (AvgIpc) is 3.30. The molecule has 4 aromatic carbocycles. The Balaban J connectivity index is 1.33. The molecule has 0 saturated carbocycles. The molecule has 4 nitrogen and oxygen atoms in total. The van der Waals surface area contributed by atoms with Crippen LogP contribution in [-0.2, 0) is 21.8 Å². The highest BCUT2D eigenvalue weighted by atomic mass is 32.1. The lowest BCUT2D eigenvalue weighted by Gasteiger charge is -2.45. The Morgan fingerprint density at radius 1 is 0.878 bits per heavy atom. The molecule has 2 aliphatic heterocycles. The third kappa shape index (κ3) is 5.89. The molecule has 2 saturated heterocycles. The third-order valence-electron chi connectivity index (χ3n) is 8.53. The molecule has 5 heteroatoms. The smallest absolute Gasteiger partial charge is 0.410 e. The second-order valence-corrected chi connectivity index (χ2v) is 12.7. The van der Waals surface area contributed by atoms with Crippen molar-refractivity contribution in [3.05, 3.63) is 108 Å². The summed E-state index contributed by atoms with van der Waals surface area (Å²) in [5.41, 5.74) is 5.50. The highest BCUT2D eigenvalue weighted by Crippen LogP contribution is 2.47. The van der Waals surface area contributed by atoms with Crippen LogP contribution in [0.1, 0.15) is 62.6 Å². The molecule has 4 aromatic rings. The molecular weight excluding hydrogens is 526 g/mol. The van der Waals surface area contributed by atoms with Crippen LogP contribution in [0, 0.1) is 0 Å². The SMILES string of the molecule is CC(C)(C)OC(=O)N1C2CCC1C(OCc1ccc3ccccc3c1)C(c1ccc(-c3ccccc3)cc1CS)C2. The summed E-state index contributed by atoms with van der Waals surface area (Å²) in [6.45, 7) is 6.29. The zero-order chi connectivity index (χ0) is 28.6. The number of amides is 1. The van der Waals surface area contributed by atoms with Gasteiger partial charge in [-0.3, -0.25) is 4.90 Å². The summed E-state index contributed by atoms with van der Waals surface area (Å²) in [6.07, 6.45) is 2.37. The molecule has 2 fully saturated rings. The van der Waals surface area contributed by atoms with Crippen molar-refractivity contribution in [2.75, 3.05) is 0 Å². The van der Waals surface area contributed by atoms with Gasteiger partial charge in [0.15, 0.2) is 0 Å². The molecule has 6 rings (SSSR count). The van der Waals surface area contributed by atoms with Crippen molar-refractivity contribution < 1.29 is 14.3 Å². The lowest BCUT2D eigenvalue weighted by atomic mass is 9.80. The monoisotopic (exact) mass is 565 g/mol. The molecule has 0 aliphatic carbocycles. The van der Waals surface area contributed by atoms with Crippen molar-refractivity contribution in [3.8, 4) is 11.1 Å². The Kier molecular flexibility index (Phi) is 7.84. The largest absolute Gasteiger partial charge is 0.444 e. The second kappa shape index (κ2) is 11.5. The Labute approximate surface area is 249 Å². The van der Waals surface area contributed by atoms with Crippen molar-refractivity contribution in [1.82, 2.24) is 4.90 Å². The lowest BCUT2D eigenvalue weighted by molar-refractivity contribution is -0.0668. The molecule has 0 aromatic heterocycles. The summed E-state index contributed by atoms with van der Waals surface area (Å²) in [6, 6.07) is 32.3. The standard InChI is InChI=1S/C36H39NO3S/c1-36(2,3)40-35(38)37-30-16-18-33(37)34(39-22-24-13-14-26-11-7-8-12-27(26)19-24)32(21-30)31-17-15-28(20-29(31)23-41)25-9-5-4-6-10-25/h4-15,17,19-20,30,32-34,41H,16,18,21-23H2,1-3H3. The van der Waals surface area contributed by atoms with E-state index in [-0.39, 0.29) is 30.2 Å². The maximum Gasteiger partial charge on any atom is 0.410 e. The maximum absolute atomic E-state index is 13.4. The minimum absolute atomic E-state index is 0.0318. The maximum atomic E-state index is 13.4. The van der Waals surface area contributed by atoms with E-state index in [4.69, 9.17) is 22.1 Å². The number of ether oxygens (including phenoxy) is 2. The summed E-state index contributed by atoms with van der Waals surface area (Å²) < 4.78 is 12.8. The van der Waals surface area contributed by atoms with E-state index in [9.17, 15) is 4.79 Å². The lowest BCUT2D eigenvalue weighted by Crippen LogP contribution is -2.55. The van der Waals surface area contributed by atoms with E-state index >= 15 is 0 Å². The number of thiol groups is 1. The van der Waals surface area contributed by atoms with Gasteiger partial charge in [-0.1, -0.05) is 84.9 Å². The van der Waals surface area contributed by atoms with E-state index in [1.165, 1.54) is 33.0 Å². The van der Waals surface area contributed by atoms with E-state index in [0.717, 1.165) is 24.8 Å². The number of hydrogen-bond acceptors (Lipinski definition) is 4. The van der Waals surface area contributed by atoms with Crippen LogP contribution >= 0.6 is 12.6 Å². The van der Waals surface area contributed by atoms with Gasteiger partial charge in [0.05, 0.1) is 18.8 Å². The van der Waals surface area contributed by atoms with Gasteiger partial charge in [-0.15, -0.1) is 0 Å². The summed E-state index contributed by atoms with van der Waals surface area (Å²) in [5, 5.41) is 2.43. The molecule has 0 radical (unpaired) electrons. The molecule has 41 heavy (non-hydrogen) atoms. The second-order valence-electron chi connectivity index (χ2n) is 12.4. The molecule has 2 aliphatic rings. The number of fused-ring (bicyclic) bond motifs is 3. The van der Waals surface area contributed by atoms with Crippen molar-refractivity contribution >= 4 is 29.5 Å². The van der Waals surface area contributed by atoms with Crippen LogP contribution in [0.4, 0.5) is 4.79 Å². The number of benzene rings is 4. The fraction of sp³-hybridized carbons (Fsp3) is 0.361. The molecule has 212 valence electrons. The van der Waals surface area contributed by atoms with Crippen LogP contribution in [0.15, 0.2) is 91.0 Å². The third-order valence-corrected chi connectivity index (χ3v) is 8.87. The van der Waals surface area contributed by atoms with Crippen LogP contribution in [0.3, 0.4) is 0 Å². The zero-order valence-corrected chi connectivity index (χ0v) is 25.0. The predicted molar refractivity (Wildman–Crippen MR) is 169 cm³/mol. The first kappa shape index (κ1) is 27.9. The van der Waals surface area contributed by atoms with Crippen LogP contribution in [0.2, 0.25) is 0 Å². The molecule has 0 N–H and O–H groups in total. The minimum Gasteiger partial charge on any atom is -0.444 e. The van der Waals surface area contributed by atoms with Gasteiger partial charge in [-0.25, -0.2) is 4.79 Å². The fourth-order valence-electron chi connectivity index (χ4n) is 6.73. The van der Waals surface area contributed by atoms with Gasteiger partial charge in [0, 0.05) is 17.7 Å². The van der Waals surface area contributed by atoms with Gasteiger partial charge in [0.1, 0.15) is 5.60 Å². The van der Waals surface area contributed by atoms with E-state index < -0.39 is 5.60 Å². The molecule has 4 atom stereocenters. The summed E-state index contributed by atoms with van der Waals surface area (Å²) in [5.74, 6) is 0.813. The van der Waals surface area contributed by atoms with Gasteiger partial charge in [0.2, 0.25) is 0 Å². The molecule has 0 spiro atoms. The van der Waals surface area contributed by atoms with E-state index in [1.807, 2.05) is 31.7 Å². The highest BCUT2D eigenvalue weighted by Gasteiger charge is 2.51. The molecule has 1 amide bonds. The predicted octanol–water partition coefficient (Wildman–Crippen LogP) is 8.78. The summed E-state index contributed by atoms with van der Waals surface area (Å²) >= 11 is 4.76. The quantitative estimate of drug-likeness (QED) is 0.238. The van der Waals surface area contributed by atoms with Crippen LogP contribution in [-0.4, -0.2) is 34.8 Å². The van der Waals surface area contributed by atoms with Crippen LogP contribution in [0.25, 0.3) is 21.9 Å². The summed E-state index contributed by atoms with van der Waals surface area (Å²) in [7, 11) is 0. The molecule has 2 bridgehead atoms. The van der Waals surface area contributed by atoms with Crippen molar-refractivity contribution in [1.29, 1.82) is 0 Å². The number of carbonyl (C=O) groups is 1. The molecular formula is C36H39NO3S. The first-order valence-corrected chi connectivity index (χ1v) is 15.3. The Morgan fingerprint density at radius 2 is 1.63 bits per heavy atom. The first-order chi connectivity index (χ1) is 19.8. The van der Waals surface area contributed by atoms with Gasteiger partial charge in [-0.2, -0.15) is 12.6 Å². The summed E-state index contributed by atoms with van der Waals surface area (Å²) in [4.78, 5) is 15.4. The van der Waals surface area contributed by atoms with E-state index in [1.54, 1.807) is 0 Å². The topological polar surface area (TPSA) is 38.8 Å². The minimum atomic E-state index is -0.540. The van der Waals surface area contributed by atoms with E-state index in [2.05, 4.69) is 84.9 Å². The van der Waals surface area contributed by atoms with Gasteiger partial charge >= 0.3 is 6.09 Å². The Hall–Kier alpha value is -3.28. The normalized spacial score (nSPS) is 22.2. The van der Waals surface area contributed by atoms with E-state index in [0.29, 0.717) is 12.4 Å². The average molecular weight is 566 g/mol. The Bertz CT molecular complexity index is 1530. The van der Waals surface area contributed by atoms with Crippen LogP contribution in [0.5, 0.6) is 0 Å². The Morgan fingerprint density at radius 3 is 2.39 bits per heavy atom. The number of rotatable bonds is 6. The highest BCUT2D eigenvalue weighted by molar-refractivity contribution is 7.79.